The van der Waals surface area contributed by atoms with E-state index in [9.17, 15) is 9.59 Å². The minimum Gasteiger partial charge on any atom is -0.496 e. The fourth-order valence-corrected chi connectivity index (χ4v) is 5.51. The number of para-hydroxylation sites is 1. The predicted octanol–water partition coefficient (Wildman–Crippen LogP) is 3.55. The fourth-order valence-electron chi connectivity index (χ4n) is 5.51. The Morgan fingerprint density at radius 2 is 1.81 bits per heavy atom. The highest BCUT2D eigenvalue weighted by atomic mass is 16.5. The molecule has 0 unspecified atom stereocenters. The third-order valence-electron chi connectivity index (χ3n) is 6.96. The van der Waals surface area contributed by atoms with Crippen LogP contribution in [0.25, 0.3) is 0 Å². The highest BCUT2D eigenvalue weighted by Gasteiger charge is 2.55. The molecule has 170 valence electrons. The van der Waals surface area contributed by atoms with Crippen molar-refractivity contribution in [2.24, 2.45) is 0 Å². The van der Waals surface area contributed by atoms with Crippen molar-refractivity contribution in [3.8, 4) is 5.75 Å². The van der Waals surface area contributed by atoms with Gasteiger partial charge in [-0.25, -0.2) is 0 Å². The molecule has 0 saturated heterocycles. The molecule has 6 nitrogen and oxygen atoms in total. The molecule has 2 aromatic carbocycles. The van der Waals surface area contributed by atoms with E-state index in [2.05, 4.69) is 5.32 Å². The van der Waals surface area contributed by atoms with E-state index in [1.165, 1.54) is 0 Å². The van der Waals surface area contributed by atoms with Gasteiger partial charge in [-0.05, 0) is 42.5 Å². The summed E-state index contributed by atoms with van der Waals surface area (Å²) in [4.78, 5) is 29.1. The number of nitrogens with zero attached hydrogens (tertiary/aromatic N) is 1. The topological polar surface area (TPSA) is 67.9 Å². The van der Waals surface area contributed by atoms with Gasteiger partial charge in [-0.3, -0.25) is 9.59 Å². The molecule has 1 spiro atoms. The lowest BCUT2D eigenvalue weighted by Gasteiger charge is -2.50. The molecule has 0 bridgehead atoms. The third kappa shape index (κ3) is 3.99. The molecule has 2 aromatic rings. The average molecular weight is 437 g/mol. The number of fused-ring (bicyclic) bond motifs is 1. The first kappa shape index (κ1) is 22.3. The van der Waals surface area contributed by atoms with E-state index in [0.717, 1.165) is 42.6 Å². The monoisotopic (exact) mass is 436 g/mol. The van der Waals surface area contributed by atoms with Crippen LogP contribution in [0.1, 0.15) is 53.1 Å². The standard InChI is InChI=1S/C26H32N2O4/c1-31-18-17-28-25(30)21-11-5-4-10-20(21)23(26(28)14-7-8-15-26)24(29)27-16-13-19-9-3-6-12-22(19)32-2/h3-6,9-12,23H,7-8,13-18H2,1-2H3,(H,27,29)/t23-/m0/s1. The lowest BCUT2D eigenvalue weighted by molar-refractivity contribution is -0.126. The molecule has 1 fully saturated rings. The number of carbonyl (C=O) groups is 2. The van der Waals surface area contributed by atoms with Crippen molar-refractivity contribution in [3.63, 3.8) is 0 Å². The highest BCUT2D eigenvalue weighted by Crippen LogP contribution is 2.50. The molecule has 1 atom stereocenters. The quantitative estimate of drug-likeness (QED) is 0.687. The Kier molecular flexibility index (Phi) is 6.80. The molecular formula is C26H32N2O4. The van der Waals surface area contributed by atoms with Crippen LogP contribution in [0.3, 0.4) is 0 Å². The molecule has 1 aliphatic carbocycles. The normalized spacial score (nSPS) is 19.1. The smallest absolute Gasteiger partial charge is 0.254 e. The summed E-state index contributed by atoms with van der Waals surface area (Å²) in [6.07, 6.45) is 4.39. The number of amides is 2. The second-order valence-corrected chi connectivity index (χ2v) is 8.63. The summed E-state index contributed by atoms with van der Waals surface area (Å²) in [6.45, 7) is 1.46. The van der Waals surface area contributed by atoms with Gasteiger partial charge in [0.15, 0.2) is 0 Å². The number of rotatable bonds is 8. The first-order valence-electron chi connectivity index (χ1n) is 11.4. The molecule has 0 aromatic heterocycles. The summed E-state index contributed by atoms with van der Waals surface area (Å²) in [5.41, 5.74) is 2.05. The van der Waals surface area contributed by atoms with E-state index in [1.54, 1.807) is 14.2 Å². The van der Waals surface area contributed by atoms with Crippen LogP contribution in [0, 0.1) is 0 Å². The molecule has 2 amide bonds. The lowest BCUT2D eigenvalue weighted by atomic mass is 9.71. The Bertz CT molecular complexity index is 968. The maximum Gasteiger partial charge on any atom is 0.254 e. The van der Waals surface area contributed by atoms with Gasteiger partial charge in [0.1, 0.15) is 5.75 Å². The molecule has 32 heavy (non-hydrogen) atoms. The van der Waals surface area contributed by atoms with Crippen molar-refractivity contribution in [1.82, 2.24) is 10.2 Å². The fraction of sp³-hybridized carbons (Fsp3) is 0.462. The summed E-state index contributed by atoms with van der Waals surface area (Å²) in [6, 6.07) is 15.5. The van der Waals surface area contributed by atoms with E-state index in [1.807, 2.05) is 53.4 Å². The van der Waals surface area contributed by atoms with Gasteiger partial charge >= 0.3 is 0 Å². The van der Waals surface area contributed by atoms with E-state index in [4.69, 9.17) is 9.47 Å². The van der Waals surface area contributed by atoms with Crippen LogP contribution in [0.2, 0.25) is 0 Å². The Hall–Kier alpha value is -2.86. The van der Waals surface area contributed by atoms with E-state index in [-0.39, 0.29) is 17.7 Å². The van der Waals surface area contributed by atoms with Crippen molar-refractivity contribution < 1.29 is 19.1 Å². The zero-order valence-electron chi connectivity index (χ0n) is 18.9. The summed E-state index contributed by atoms with van der Waals surface area (Å²) < 4.78 is 10.7. The van der Waals surface area contributed by atoms with Crippen LogP contribution in [-0.2, 0) is 16.0 Å². The zero-order chi connectivity index (χ0) is 22.6. The average Bonchev–Trinajstić information content (AvgIpc) is 3.29. The minimum atomic E-state index is -0.488. The largest absolute Gasteiger partial charge is 0.496 e. The lowest BCUT2D eigenvalue weighted by Crippen LogP contribution is -2.61. The maximum absolute atomic E-state index is 13.7. The molecule has 1 saturated carbocycles. The van der Waals surface area contributed by atoms with Gasteiger partial charge in [0.2, 0.25) is 5.91 Å². The van der Waals surface area contributed by atoms with Crippen LogP contribution < -0.4 is 10.1 Å². The van der Waals surface area contributed by atoms with Crippen LogP contribution >= 0.6 is 0 Å². The Morgan fingerprint density at radius 3 is 2.56 bits per heavy atom. The SMILES string of the molecule is COCCN1C(=O)c2ccccc2[C@@H](C(=O)NCCc2ccccc2OC)C12CCCC2. The second-order valence-electron chi connectivity index (χ2n) is 8.63. The minimum absolute atomic E-state index is 0.0100. The van der Waals surface area contributed by atoms with Crippen molar-refractivity contribution in [1.29, 1.82) is 0 Å². The number of ether oxygens (including phenoxy) is 2. The van der Waals surface area contributed by atoms with Gasteiger partial charge in [0.05, 0.1) is 25.2 Å². The van der Waals surface area contributed by atoms with Crippen LogP contribution in [0.4, 0.5) is 0 Å². The van der Waals surface area contributed by atoms with E-state index < -0.39 is 5.54 Å². The van der Waals surface area contributed by atoms with Gasteiger partial charge in [-0.15, -0.1) is 0 Å². The zero-order valence-corrected chi connectivity index (χ0v) is 18.9. The molecule has 2 aliphatic rings. The molecular weight excluding hydrogens is 404 g/mol. The number of benzene rings is 2. The Balaban J connectivity index is 1.61. The summed E-state index contributed by atoms with van der Waals surface area (Å²) in [5.74, 6) is 0.448. The number of hydrogen-bond acceptors (Lipinski definition) is 4. The number of hydrogen-bond donors (Lipinski definition) is 1. The summed E-state index contributed by atoms with van der Waals surface area (Å²) in [7, 11) is 3.30. The van der Waals surface area contributed by atoms with E-state index >= 15 is 0 Å². The van der Waals surface area contributed by atoms with E-state index in [0.29, 0.717) is 31.7 Å². The summed E-state index contributed by atoms with van der Waals surface area (Å²) in [5, 5.41) is 3.17. The molecule has 1 aliphatic heterocycles. The van der Waals surface area contributed by atoms with Crippen LogP contribution in [0.15, 0.2) is 48.5 Å². The van der Waals surface area contributed by atoms with Gasteiger partial charge in [-0.1, -0.05) is 49.2 Å². The van der Waals surface area contributed by atoms with Crippen molar-refractivity contribution >= 4 is 11.8 Å². The maximum atomic E-state index is 13.7. The molecule has 0 radical (unpaired) electrons. The van der Waals surface area contributed by atoms with Gasteiger partial charge in [-0.2, -0.15) is 0 Å². The molecule has 6 heteroatoms. The van der Waals surface area contributed by atoms with Crippen molar-refractivity contribution in [2.75, 3.05) is 33.9 Å². The Morgan fingerprint density at radius 1 is 1.09 bits per heavy atom. The van der Waals surface area contributed by atoms with Gasteiger partial charge in [0.25, 0.3) is 5.91 Å². The van der Waals surface area contributed by atoms with Crippen LogP contribution in [-0.4, -0.2) is 56.2 Å². The first-order valence-corrected chi connectivity index (χ1v) is 11.4. The highest BCUT2D eigenvalue weighted by molar-refractivity contribution is 6.02. The van der Waals surface area contributed by atoms with Gasteiger partial charge < -0.3 is 19.7 Å². The Labute approximate surface area is 189 Å². The number of nitrogens with one attached hydrogen (secondary N) is 1. The number of carbonyl (C=O) groups excluding carboxylic acids is 2. The summed E-state index contributed by atoms with van der Waals surface area (Å²) >= 11 is 0. The van der Waals surface area contributed by atoms with Gasteiger partial charge in [0, 0.05) is 25.8 Å². The predicted molar refractivity (Wildman–Crippen MR) is 123 cm³/mol. The molecule has 1 N–H and O–H groups in total. The molecule has 4 rings (SSSR count). The molecule has 1 heterocycles. The van der Waals surface area contributed by atoms with Crippen molar-refractivity contribution in [2.45, 2.75) is 43.6 Å². The number of methoxy groups -OCH3 is 2. The first-order chi connectivity index (χ1) is 15.6. The third-order valence-corrected chi connectivity index (χ3v) is 6.96. The van der Waals surface area contributed by atoms with Crippen LogP contribution in [0.5, 0.6) is 5.75 Å². The van der Waals surface area contributed by atoms with Crippen molar-refractivity contribution in [3.05, 3.63) is 65.2 Å². The second kappa shape index (κ2) is 9.74.